The van der Waals surface area contributed by atoms with Gasteiger partial charge in [0.05, 0.1) is 17.0 Å². The molecule has 0 fully saturated rings. The zero-order valence-electron chi connectivity index (χ0n) is 15.1. The molecule has 4 aromatic rings. The molecule has 1 amide bonds. The number of nitrogens with one attached hydrogen (secondary N) is 1. The van der Waals surface area contributed by atoms with Crippen LogP contribution in [-0.4, -0.2) is 26.3 Å². The molecule has 0 bridgehead atoms. The second-order valence-corrected chi connectivity index (χ2v) is 7.65. The van der Waals surface area contributed by atoms with Gasteiger partial charge >= 0.3 is 0 Å². The molecule has 28 heavy (non-hydrogen) atoms. The van der Waals surface area contributed by atoms with Gasteiger partial charge in [-0.15, -0.1) is 0 Å². The summed E-state index contributed by atoms with van der Waals surface area (Å²) in [5, 5.41) is 8.99. The number of fused-ring (bicyclic) bond motifs is 1. The van der Waals surface area contributed by atoms with E-state index in [2.05, 4.69) is 15.4 Å². The number of aromatic nitrogens is 3. The number of hydrogen-bond acceptors (Lipinski definition) is 4. The van der Waals surface area contributed by atoms with Crippen molar-refractivity contribution in [3.63, 3.8) is 0 Å². The van der Waals surface area contributed by atoms with Crippen molar-refractivity contribution in [1.29, 1.82) is 0 Å². The molecule has 5 nitrogen and oxygen atoms in total. The monoisotopic (exact) mass is 408 g/mol. The largest absolute Gasteiger partial charge is 0.325 e. The van der Waals surface area contributed by atoms with Crippen LogP contribution in [0.4, 0.5) is 5.69 Å². The fourth-order valence-corrected chi connectivity index (χ4v) is 3.71. The van der Waals surface area contributed by atoms with Crippen LogP contribution in [0.2, 0.25) is 5.02 Å². The van der Waals surface area contributed by atoms with E-state index in [0.29, 0.717) is 5.02 Å². The number of carbonyl (C=O) groups excluding carboxylic acids is 1. The number of nitrogens with zero attached hydrogens (tertiary/aromatic N) is 3. The highest BCUT2D eigenvalue weighted by Gasteiger charge is 2.12. The van der Waals surface area contributed by atoms with E-state index in [1.807, 2.05) is 61.5 Å². The van der Waals surface area contributed by atoms with Crippen LogP contribution < -0.4 is 5.32 Å². The predicted molar refractivity (Wildman–Crippen MR) is 114 cm³/mol. The summed E-state index contributed by atoms with van der Waals surface area (Å²) in [6.07, 6.45) is 3.49. The Labute approximate surface area is 171 Å². The van der Waals surface area contributed by atoms with E-state index in [1.165, 1.54) is 11.8 Å². The Balaban J connectivity index is 1.51. The first-order valence-electron chi connectivity index (χ1n) is 8.69. The van der Waals surface area contributed by atoms with E-state index in [1.54, 1.807) is 16.9 Å². The number of halogens is 1. The van der Waals surface area contributed by atoms with Gasteiger partial charge in [0.15, 0.2) is 0 Å². The maximum Gasteiger partial charge on any atom is 0.234 e. The minimum absolute atomic E-state index is 0.0689. The maximum atomic E-state index is 12.3. The smallest absolute Gasteiger partial charge is 0.234 e. The number of benzene rings is 2. The zero-order valence-corrected chi connectivity index (χ0v) is 16.7. The Morgan fingerprint density at radius 1 is 1.18 bits per heavy atom. The zero-order chi connectivity index (χ0) is 19.5. The number of rotatable bonds is 5. The molecule has 0 radical (unpaired) electrons. The molecule has 0 unspecified atom stereocenters. The van der Waals surface area contributed by atoms with Gasteiger partial charge in [-0.05, 0) is 36.8 Å². The Bertz CT molecular complexity index is 1140. The van der Waals surface area contributed by atoms with Crippen molar-refractivity contribution in [1.82, 2.24) is 14.6 Å². The van der Waals surface area contributed by atoms with Crippen LogP contribution in [0.3, 0.4) is 0 Å². The molecule has 0 atom stereocenters. The highest BCUT2D eigenvalue weighted by atomic mass is 35.5. The number of thioether (sulfide) groups is 1. The van der Waals surface area contributed by atoms with Gasteiger partial charge in [-0.3, -0.25) is 4.79 Å². The maximum absolute atomic E-state index is 12.3. The van der Waals surface area contributed by atoms with Crippen LogP contribution in [0.1, 0.15) is 5.56 Å². The van der Waals surface area contributed by atoms with E-state index in [9.17, 15) is 4.79 Å². The lowest BCUT2D eigenvalue weighted by Crippen LogP contribution is -2.14. The number of para-hydroxylation sites is 1. The van der Waals surface area contributed by atoms with E-state index in [-0.39, 0.29) is 11.7 Å². The third kappa shape index (κ3) is 4.03. The van der Waals surface area contributed by atoms with Gasteiger partial charge in [-0.2, -0.15) is 5.10 Å². The van der Waals surface area contributed by atoms with E-state index < -0.39 is 0 Å². The summed E-state index contributed by atoms with van der Waals surface area (Å²) < 4.78 is 1.78. The lowest BCUT2D eigenvalue weighted by atomic mass is 10.1. The first-order valence-corrected chi connectivity index (χ1v) is 10.0. The summed E-state index contributed by atoms with van der Waals surface area (Å²) in [7, 11) is 0. The molecule has 1 N–H and O–H groups in total. The highest BCUT2D eigenvalue weighted by molar-refractivity contribution is 8.00. The number of anilines is 1. The minimum Gasteiger partial charge on any atom is -0.325 e. The fraction of sp³-hybridized carbons (Fsp3) is 0.0952. The van der Waals surface area contributed by atoms with Gasteiger partial charge in [0.25, 0.3) is 0 Å². The first-order chi connectivity index (χ1) is 13.6. The van der Waals surface area contributed by atoms with E-state index in [0.717, 1.165) is 33.1 Å². The predicted octanol–water partition coefficient (Wildman–Crippen LogP) is 5.09. The Kier molecular flexibility index (Phi) is 5.32. The Morgan fingerprint density at radius 3 is 2.75 bits per heavy atom. The molecule has 0 spiro atoms. The second kappa shape index (κ2) is 8.04. The van der Waals surface area contributed by atoms with Gasteiger partial charge < -0.3 is 5.32 Å². The summed E-state index contributed by atoms with van der Waals surface area (Å²) in [5.41, 5.74) is 4.52. The molecule has 0 saturated carbocycles. The van der Waals surface area contributed by atoms with Crippen LogP contribution in [0.15, 0.2) is 72.0 Å². The molecule has 4 rings (SSSR count). The van der Waals surface area contributed by atoms with Crippen molar-refractivity contribution in [2.75, 3.05) is 11.1 Å². The molecule has 0 aliphatic carbocycles. The van der Waals surface area contributed by atoms with Crippen molar-refractivity contribution in [2.45, 2.75) is 11.9 Å². The van der Waals surface area contributed by atoms with Crippen molar-refractivity contribution < 1.29 is 4.79 Å². The molecular weight excluding hydrogens is 392 g/mol. The molecule has 0 aliphatic heterocycles. The Morgan fingerprint density at radius 2 is 1.96 bits per heavy atom. The molecule has 7 heteroatoms. The van der Waals surface area contributed by atoms with Crippen molar-refractivity contribution in [2.24, 2.45) is 0 Å². The van der Waals surface area contributed by atoms with E-state index in [4.69, 9.17) is 11.6 Å². The van der Waals surface area contributed by atoms with Gasteiger partial charge in [0.2, 0.25) is 5.91 Å². The van der Waals surface area contributed by atoms with Gasteiger partial charge in [-0.25, -0.2) is 9.50 Å². The van der Waals surface area contributed by atoms with Crippen LogP contribution in [0.25, 0.3) is 16.8 Å². The average molecular weight is 409 g/mol. The number of amides is 1. The van der Waals surface area contributed by atoms with Crippen LogP contribution in [0, 0.1) is 6.92 Å². The van der Waals surface area contributed by atoms with Gasteiger partial charge in [0, 0.05) is 28.7 Å². The van der Waals surface area contributed by atoms with Crippen molar-refractivity contribution >= 4 is 40.5 Å². The van der Waals surface area contributed by atoms with Crippen LogP contribution in [0.5, 0.6) is 0 Å². The second-order valence-electron chi connectivity index (χ2n) is 6.25. The molecule has 2 aromatic carbocycles. The lowest BCUT2D eigenvalue weighted by Gasteiger charge is -2.08. The van der Waals surface area contributed by atoms with E-state index >= 15 is 0 Å². The third-order valence-corrected chi connectivity index (χ3v) is 5.50. The van der Waals surface area contributed by atoms with Crippen LogP contribution in [-0.2, 0) is 4.79 Å². The first kappa shape index (κ1) is 18.5. The third-order valence-electron chi connectivity index (χ3n) is 4.25. The summed E-state index contributed by atoms with van der Waals surface area (Å²) in [4.78, 5) is 16.8. The normalized spacial score (nSPS) is 10.9. The van der Waals surface area contributed by atoms with Gasteiger partial charge in [-0.1, -0.05) is 53.7 Å². The molecule has 0 aliphatic rings. The number of hydrogen-bond donors (Lipinski definition) is 1. The summed E-state index contributed by atoms with van der Waals surface area (Å²) >= 11 is 7.35. The van der Waals surface area contributed by atoms with Crippen LogP contribution >= 0.6 is 23.4 Å². The fourth-order valence-electron chi connectivity index (χ4n) is 2.80. The highest BCUT2D eigenvalue weighted by Crippen LogP contribution is 2.27. The van der Waals surface area contributed by atoms with Crippen molar-refractivity contribution in [3.8, 4) is 11.3 Å². The SMILES string of the molecule is Cc1ccccc1NC(=O)CSc1nccn2nc(-c3ccc(Cl)cc3)cc12. The van der Waals surface area contributed by atoms with Gasteiger partial charge in [0.1, 0.15) is 5.03 Å². The average Bonchev–Trinajstić information content (AvgIpc) is 3.13. The molecule has 140 valence electrons. The topological polar surface area (TPSA) is 59.3 Å². The molecule has 2 heterocycles. The summed E-state index contributed by atoms with van der Waals surface area (Å²) in [6.45, 7) is 1.97. The minimum atomic E-state index is -0.0689. The number of aryl methyl sites for hydroxylation is 1. The molecule has 2 aromatic heterocycles. The summed E-state index contributed by atoms with van der Waals surface area (Å²) in [6, 6.07) is 17.2. The lowest BCUT2D eigenvalue weighted by molar-refractivity contribution is -0.113. The standard InChI is InChI=1S/C21H17ClN4OS/c1-14-4-2-3-5-17(14)24-20(27)13-28-21-19-12-18(25-26(19)11-10-23-21)15-6-8-16(22)9-7-15/h2-12H,13H2,1H3,(H,24,27). The Hall–Kier alpha value is -2.83. The summed E-state index contributed by atoms with van der Waals surface area (Å²) in [5.74, 6) is 0.197. The van der Waals surface area contributed by atoms with Crippen molar-refractivity contribution in [3.05, 3.63) is 77.6 Å². The molecule has 0 saturated heterocycles. The quantitative estimate of drug-likeness (QED) is 0.467. The molecular formula is C21H17ClN4OS. The number of carbonyl (C=O) groups is 1.